The van der Waals surface area contributed by atoms with E-state index in [1.807, 2.05) is 39.8 Å². The molecule has 0 heterocycles. The van der Waals surface area contributed by atoms with E-state index in [1.165, 1.54) is 6.21 Å². The second kappa shape index (κ2) is 12.7. The summed E-state index contributed by atoms with van der Waals surface area (Å²) in [5, 5.41) is 7.09. The van der Waals surface area contributed by atoms with Crippen LogP contribution in [0.3, 0.4) is 0 Å². The molecule has 0 fully saturated rings. The number of nitrogens with one attached hydrogen (secondary N) is 2. The molecule has 0 saturated heterocycles. The van der Waals surface area contributed by atoms with Crippen molar-refractivity contribution in [1.82, 2.24) is 10.7 Å². The molecule has 1 atom stereocenters. The van der Waals surface area contributed by atoms with Crippen LogP contribution in [0, 0.1) is 5.92 Å². The van der Waals surface area contributed by atoms with Crippen molar-refractivity contribution in [2.24, 2.45) is 11.0 Å². The topological polar surface area (TPSA) is 89.0 Å². The maximum atomic E-state index is 12.7. The molecule has 0 spiro atoms. The Morgan fingerprint density at radius 3 is 2.50 bits per heavy atom. The Hall–Kier alpha value is -3.06. The summed E-state index contributed by atoms with van der Waals surface area (Å²) in [6.07, 6.45) is 2.40. The van der Waals surface area contributed by atoms with E-state index in [1.54, 1.807) is 30.3 Å². The number of nitrogens with zero attached hydrogens (tertiary/aromatic N) is 1. The van der Waals surface area contributed by atoms with Gasteiger partial charge in [-0.15, -0.1) is 0 Å². The van der Waals surface area contributed by atoms with Gasteiger partial charge in [0.2, 0.25) is 0 Å². The predicted octanol–water partition coefficient (Wildman–Crippen LogP) is 4.43. The number of carbonyl (C=O) groups is 2. The van der Waals surface area contributed by atoms with E-state index in [2.05, 4.69) is 15.8 Å². The molecule has 2 N–H and O–H groups in total. The summed E-state index contributed by atoms with van der Waals surface area (Å²) in [5.41, 5.74) is 3.54. The molecule has 0 aliphatic heterocycles. The largest absolute Gasteiger partial charge is 0.490 e. The third-order valence-electron chi connectivity index (χ3n) is 4.47. The summed E-state index contributed by atoms with van der Waals surface area (Å²) >= 11 is 6.08. The molecule has 1 unspecified atom stereocenters. The van der Waals surface area contributed by atoms with Crippen molar-refractivity contribution in [1.29, 1.82) is 0 Å². The molecule has 172 valence electrons. The zero-order valence-corrected chi connectivity index (χ0v) is 19.6. The fourth-order valence-electron chi connectivity index (χ4n) is 2.84. The van der Waals surface area contributed by atoms with Crippen LogP contribution in [-0.2, 0) is 4.79 Å². The van der Waals surface area contributed by atoms with E-state index in [-0.39, 0.29) is 5.92 Å². The number of hydrogen-bond acceptors (Lipinski definition) is 5. The van der Waals surface area contributed by atoms with Crippen LogP contribution in [0.4, 0.5) is 0 Å². The van der Waals surface area contributed by atoms with Gasteiger partial charge in [0, 0.05) is 0 Å². The second-order valence-corrected chi connectivity index (χ2v) is 7.80. The van der Waals surface area contributed by atoms with Crippen LogP contribution >= 0.6 is 11.6 Å². The van der Waals surface area contributed by atoms with E-state index in [0.29, 0.717) is 35.3 Å². The highest BCUT2D eigenvalue weighted by molar-refractivity contribution is 6.33. The van der Waals surface area contributed by atoms with Gasteiger partial charge in [0.25, 0.3) is 11.8 Å². The normalized spacial score (nSPS) is 11.9. The minimum atomic E-state index is -0.778. The van der Waals surface area contributed by atoms with Crippen molar-refractivity contribution >= 4 is 29.6 Å². The van der Waals surface area contributed by atoms with Crippen LogP contribution in [0.2, 0.25) is 5.02 Å². The van der Waals surface area contributed by atoms with Gasteiger partial charge in [-0.3, -0.25) is 9.59 Å². The lowest BCUT2D eigenvalue weighted by molar-refractivity contribution is -0.123. The first-order valence-corrected chi connectivity index (χ1v) is 11.0. The minimum absolute atomic E-state index is 0.156. The molecule has 2 aromatic rings. The van der Waals surface area contributed by atoms with Crippen LogP contribution in [0.25, 0.3) is 0 Å². The average Bonchev–Trinajstić information content (AvgIpc) is 2.77. The number of hydrogen-bond donors (Lipinski definition) is 2. The Balaban J connectivity index is 2.05. The van der Waals surface area contributed by atoms with Crippen LogP contribution in [-0.4, -0.2) is 37.3 Å². The third-order valence-corrected chi connectivity index (χ3v) is 4.80. The zero-order chi connectivity index (χ0) is 23.5. The number of amides is 2. The van der Waals surface area contributed by atoms with Crippen molar-refractivity contribution in [2.75, 3.05) is 13.2 Å². The Kier molecular flexibility index (Phi) is 10.0. The lowest BCUT2D eigenvalue weighted by Gasteiger charge is -2.20. The van der Waals surface area contributed by atoms with Crippen molar-refractivity contribution in [3.63, 3.8) is 0 Å². The van der Waals surface area contributed by atoms with Crippen LogP contribution < -0.4 is 20.2 Å². The van der Waals surface area contributed by atoms with Crippen molar-refractivity contribution < 1.29 is 19.1 Å². The smallest absolute Gasteiger partial charge is 0.262 e. The van der Waals surface area contributed by atoms with Crippen LogP contribution in [0.15, 0.2) is 47.6 Å². The minimum Gasteiger partial charge on any atom is -0.490 e. The molecule has 0 radical (unpaired) electrons. The fourth-order valence-corrected chi connectivity index (χ4v) is 3.07. The summed E-state index contributed by atoms with van der Waals surface area (Å²) in [7, 11) is 0. The summed E-state index contributed by atoms with van der Waals surface area (Å²) < 4.78 is 11.3. The first-order chi connectivity index (χ1) is 15.4. The molecule has 0 aliphatic rings. The number of hydrazone groups is 1. The van der Waals surface area contributed by atoms with E-state index < -0.39 is 17.9 Å². The molecule has 0 aliphatic carbocycles. The number of ether oxygens (including phenoxy) is 2. The molecule has 32 heavy (non-hydrogen) atoms. The Labute approximate surface area is 194 Å². The standard InChI is InChI=1S/C24H30ClN3O4/c1-5-13-32-20-12-11-17(14-21(20)31-6-2)15-26-28-24(30)22(16(3)4)27-23(29)18-9-7-8-10-19(18)25/h7-12,14-16,22H,5-6,13H2,1-4H3,(H,27,29)(H,28,30). The highest BCUT2D eigenvalue weighted by Gasteiger charge is 2.25. The quantitative estimate of drug-likeness (QED) is 0.384. The van der Waals surface area contributed by atoms with Gasteiger partial charge in [-0.2, -0.15) is 5.10 Å². The van der Waals surface area contributed by atoms with Gasteiger partial charge in [0.15, 0.2) is 11.5 Å². The van der Waals surface area contributed by atoms with Gasteiger partial charge in [-0.25, -0.2) is 5.43 Å². The summed E-state index contributed by atoms with van der Waals surface area (Å²) in [6.45, 7) is 8.70. The number of halogens is 1. The van der Waals surface area contributed by atoms with E-state index >= 15 is 0 Å². The van der Waals surface area contributed by atoms with Gasteiger partial charge in [-0.05, 0) is 55.2 Å². The molecule has 2 aromatic carbocycles. The van der Waals surface area contributed by atoms with Gasteiger partial charge in [-0.1, -0.05) is 44.5 Å². The molecule has 8 heteroatoms. The van der Waals surface area contributed by atoms with Crippen LogP contribution in [0.1, 0.15) is 50.0 Å². The highest BCUT2D eigenvalue weighted by Crippen LogP contribution is 2.28. The Bertz CT molecular complexity index is 947. The monoisotopic (exact) mass is 459 g/mol. The number of rotatable bonds is 11. The predicted molar refractivity (Wildman–Crippen MR) is 127 cm³/mol. The zero-order valence-electron chi connectivity index (χ0n) is 18.9. The third kappa shape index (κ3) is 7.27. The molecule has 7 nitrogen and oxygen atoms in total. The molecule has 2 rings (SSSR count). The van der Waals surface area contributed by atoms with Gasteiger partial charge >= 0.3 is 0 Å². The molecule has 2 amide bonds. The SMILES string of the molecule is CCCOc1ccc(C=NNC(=O)C(NC(=O)c2ccccc2Cl)C(C)C)cc1OCC. The molecule has 0 bridgehead atoms. The first kappa shape index (κ1) is 25.2. The van der Waals surface area contributed by atoms with E-state index in [9.17, 15) is 9.59 Å². The van der Waals surface area contributed by atoms with E-state index in [4.69, 9.17) is 21.1 Å². The maximum absolute atomic E-state index is 12.7. The van der Waals surface area contributed by atoms with E-state index in [0.717, 1.165) is 12.0 Å². The summed E-state index contributed by atoms with van der Waals surface area (Å²) in [5.74, 6) is 0.276. The van der Waals surface area contributed by atoms with Crippen molar-refractivity contribution in [3.8, 4) is 11.5 Å². The average molecular weight is 460 g/mol. The summed E-state index contributed by atoms with van der Waals surface area (Å²) in [6, 6.07) is 11.3. The van der Waals surface area contributed by atoms with Crippen molar-refractivity contribution in [3.05, 3.63) is 58.6 Å². The Morgan fingerprint density at radius 1 is 1.09 bits per heavy atom. The van der Waals surface area contributed by atoms with Gasteiger partial charge in [0.05, 0.1) is 30.0 Å². The molecular formula is C24H30ClN3O4. The Morgan fingerprint density at radius 2 is 1.84 bits per heavy atom. The number of carbonyl (C=O) groups excluding carboxylic acids is 2. The fraction of sp³-hybridized carbons (Fsp3) is 0.375. The lowest BCUT2D eigenvalue weighted by atomic mass is 10.0. The second-order valence-electron chi connectivity index (χ2n) is 7.40. The lowest BCUT2D eigenvalue weighted by Crippen LogP contribution is -2.48. The molecule has 0 aromatic heterocycles. The van der Waals surface area contributed by atoms with Gasteiger partial charge in [0.1, 0.15) is 6.04 Å². The number of benzene rings is 2. The molecule has 0 saturated carbocycles. The van der Waals surface area contributed by atoms with Crippen molar-refractivity contribution in [2.45, 2.75) is 40.2 Å². The highest BCUT2D eigenvalue weighted by atomic mass is 35.5. The molecular weight excluding hydrogens is 430 g/mol. The van der Waals surface area contributed by atoms with Crippen LogP contribution in [0.5, 0.6) is 11.5 Å². The summed E-state index contributed by atoms with van der Waals surface area (Å²) in [4.78, 5) is 25.2. The first-order valence-electron chi connectivity index (χ1n) is 10.6. The van der Waals surface area contributed by atoms with Gasteiger partial charge < -0.3 is 14.8 Å². The maximum Gasteiger partial charge on any atom is 0.262 e.